The summed E-state index contributed by atoms with van der Waals surface area (Å²) in [7, 11) is 0. The van der Waals surface area contributed by atoms with E-state index >= 15 is 0 Å². The number of rotatable bonds is 4. The Hall–Kier alpha value is -1.93. The number of piperidine rings is 1. The van der Waals surface area contributed by atoms with Gasteiger partial charge in [0.05, 0.1) is 24.2 Å². The Morgan fingerprint density at radius 2 is 2.38 bits per heavy atom. The highest BCUT2D eigenvalue weighted by molar-refractivity contribution is 5.72. The fourth-order valence-corrected chi connectivity index (χ4v) is 2.68. The Balaban J connectivity index is 2.03. The lowest BCUT2D eigenvalue weighted by molar-refractivity contribution is -0.150. The van der Waals surface area contributed by atoms with Crippen molar-refractivity contribution in [2.75, 3.05) is 19.7 Å². The summed E-state index contributed by atoms with van der Waals surface area (Å²) in [5, 5.41) is 9.07. The highest BCUT2D eigenvalue weighted by atomic mass is 19.1. The second-order valence-electron chi connectivity index (χ2n) is 5.24. The minimum Gasteiger partial charge on any atom is -0.466 e. The molecule has 112 valence electrons. The van der Waals surface area contributed by atoms with Crippen molar-refractivity contribution in [2.24, 2.45) is 5.92 Å². The fraction of sp³-hybridized carbons (Fsp3) is 0.500. The van der Waals surface area contributed by atoms with E-state index in [1.807, 2.05) is 6.07 Å². The lowest BCUT2D eigenvalue weighted by Crippen LogP contribution is -2.39. The van der Waals surface area contributed by atoms with Crippen molar-refractivity contribution in [3.8, 4) is 6.07 Å². The standard InChI is InChI=1S/C16H19FN2O2/c1-2-21-16(20)13-4-3-7-19(11-13)10-12-5-6-15(17)8-14(12)9-18/h5-6,8,13H,2-4,7,10-11H2,1H3/t13-/m1/s1. The maximum absolute atomic E-state index is 13.1. The van der Waals surface area contributed by atoms with Gasteiger partial charge in [-0.3, -0.25) is 9.69 Å². The monoisotopic (exact) mass is 290 g/mol. The van der Waals surface area contributed by atoms with Gasteiger partial charge in [-0.1, -0.05) is 6.07 Å². The summed E-state index contributed by atoms with van der Waals surface area (Å²) in [6.45, 7) is 4.25. The first-order chi connectivity index (χ1) is 10.1. The molecule has 1 atom stereocenters. The van der Waals surface area contributed by atoms with E-state index in [4.69, 9.17) is 10.00 Å². The van der Waals surface area contributed by atoms with E-state index in [0.717, 1.165) is 24.9 Å². The van der Waals surface area contributed by atoms with E-state index in [9.17, 15) is 9.18 Å². The van der Waals surface area contributed by atoms with E-state index in [0.29, 0.717) is 25.3 Å². The number of likely N-dealkylation sites (tertiary alicyclic amines) is 1. The van der Waals surface area contributed by atoms with Crippen LogP contribution in [0.15, 0.2) is 18.2 Å². The van der Waals surface area contributed by atoms with Gasteiger partial charge < -0.3 is 4.74 Å². The SMILES string of the molecule is CCOC(=O)[C@@H]1CCCN(Cc2ccc(F)cc2C#N)C1. The highest BCUT2D eigenvalue weighted by Crippen LogP contribution is 2.21. The molecule has 1 aromatic carbocycles. The third kappa shape index (κ3) is 4.02. The molecule has 0 aliphatic carbocycles. The molecule has 1 fully saturated rings. The Kier molecular flexibility index (Phi) is 5.29. The van der Waals surface area contributed by atoms with Crippen molar-refractivity contribution < 1.29 is 13.9 Å². The Morgan fingerprint density at radius 1 is 1.57 bits per heavy atom. The summed E-state index contributed by atoms with van der Waals surface area (Å²) in [6, 6.07) is 6.28. The Morgan fingerprint density at radius 3 is 3.10 bits per heavy atom. The van der Waals surface area contributed by atoms with Crippen LogP contribution in [0.2, 0.25) is 0 Å². The lowest BCUT2D eigenvalue weighted by Gasteiger charge is -2.31. The molecule has 1 aromatic rings. The van der Waals surface area contributed by atoms with Crippen LogP contribution in [0.4, 0.5) is 4.39 Å². The average Bonchev–Trinajstić information content (AvgIpc) is 2.49. The minimum atomic E-state index is -0.404. The predicted molar refractivity (Wildman–Crippen MR) is 75.7 cm³/mol. The van der Waals surface area contributed by atoms with Crippen molar-refractivity contribution in [3.05, 3.63) is 35.1 Å². The second-order valence-corrected chi connectivity index (χ2v) is 5.24. The van der Waals surface area contributed by atoms with Crippen molar-refractivity contribution in [3.63, 3.8) is 0 Å². The summed E-state index contributed by atoms with van der Waals surface area (Å²) >= 11 is 0. The van der Waals surface area contributed by atoms with Gasteiger partial charge >= 0.3 is 5.97 Å². The molecule has 5 heteroatoms. The summed E-state index contributed by atoms with van der Waals surface area (Å²) in [4.78, 5) is 13.9. The molecule has 1 aliphatic rings. The number of carbonyl (C=O) groups is 1. The van der Waals surface area contributed by atoms with Gasteiger partial charge in [0.1, 0.15) is 5.82 Å². The molecule has 0 spiro atoms. The molecule has 1 saturated heterocycles. The molecule has 0 saturated carbocycles. The number of halogens is 1. The quantitative estimate of drug-likeness (QED) is 0.799. The van der Waals surface area contributed by atoms with Gasteiger partial charge in [-0.05, 0) is 44.0 Å². The van der Waals surface area contributed by atoms with Crippen LogP contribution in [0, 0.1) is 23.1 Å². The van der Waals surface area contributed by atoms with E-state index in [-0.39, 0.29) is 11.9 Å². The van der Waals surface area contributed by atoms with Crippen LogP contribution < -0.4 is 0 Å². The zero-order valence-corrected chi connectivity index (χ0v) is 12.1. The topological polar surface area (TPSA) is 53.3 Å². The molecule has 1 aliphatic heterocycles. The van der Waals surface area contributed by atoms with E-state index in [1.54, 1.807) is 13.0 Å². The zero-order chi connectivity index (χ0) is 15.2. The van der Waals surface area contributed by atoms with Gasteiger partial charge in [-0.25, -0.2) is 4.39 Å². The van der Waals surface area contributed by atoms with Gasteiger partial charge in [0.15, 0.2) is 0 Å². The van der Waals surface area contributed by atoms with Crippen molar-refractivity contribution in [1.29, 1.82) is 5.26 Å². The van der Waals surface area contributed by atoms with Gasteiger partial charge in [0.25, 0.3) is 0 Å². The normalized spacial score (nSPS) is 19.0. The van der Waals surface area contributed by atoms with Gasteiger partial charge in [0.2, 0.25) is 0 Å². The molecular formula is C16H19FN2O2. The van der Waals surface area contributed by atoms with Crippen LogP contribution in [0.3, 0.4) is 0 Å². The van der Waals surface area contributed by atoms with Crippen LogP contribution in [0.25, 0.3) is 0 Å². The van der Waals surface area contributed by atoms with Crippen LogP contribution in [-0.2, 0) is 16.1 Å². The molecule has 21 heavy (non-hydrogen) atoms. The maximum Gasteiger partial charge on any atom is 0.310 e. The first kappa shape index (κ1) is 15.5. The molecule has 2 rings (SSSR count). The minimum absolute atomic E-state index is 0.107. The number of nitrogens with zero attached hydrogens (tertiary/aromatic N) is 2. The number of benzene rings is 1. The molecule has 0 radical (unpaired) electrons. The van der Waals surface area contributed by atoms with Crippen LogP contribution in [0.5, 0.6) is 0 Å². The van der Waals surface area contributed by atoms with Crippen LogP contribution >= 0.6 is 0 Å². The van der Waals surface area contributed by atoms with Gasteiger partial charge in [-0.2, -0.15) is 5.26 Å². The number of hydrogen-bond donors (Lipinski definition) is 0. The molecule has 1 heterocycles. The summed E-state index contributed by atoms with van der Waals surface area (Å²) in [5.41, 5.74) is 1.15. The molecule has 0 bridgehead atoms. The van der Waals surface area contributed by atoms with E-state index < -0.39 is 5.82 Å². The lowest BCUT2D eigenvalue weighted by atomic mass is 9.97. The number of hydrogen-bond acceptors (Lipinski definition) is 4. The van der Waals surface area contributed by atoms with E-state index in [1.165, 1.54) is 12.1 Å². The number of carbonyl (C=O) groups excluding carboxylic acids is 1. The summed E-state index contributed by atoms with van der Waals surface area (Å²) in [5.74, 6) is -0.662. The van der Waals surface area contributed by atoms with E-state index in [2.05, 4.69) is 4.90 Å². The maximum atomic E-state index is 13.1. The Labute approximate surface area is 124 Å². The predicted octanol–water partition coefficient (Wildman–Crippen LogP) is 2.47. The second kappa shape index (κ2) is 7.19. The first-order valence-corrected chi connectivity index (χ1v) is 7.21. The highest BCUT2D eigenvalue weighted by Gasteiger charge is 2.27. The third-order valence-electron chi connectivity index (χ3n) is 3.71. The molecule has 0 aromatic heterocycles. The van der Waals surface area contributed by atoms with Gasteiger partial charge in [0, 0.05) is 13.1 Å². The Bertz CT molecular complexity index is 554. The van der Waals surface area contributed by atoms with Crippen LogP contribution in [0.1, 0.15) is 30.9 Å². The number of esters is 1. The first-order valence-electron chi connectivity index (χ1n) is 7.21. The smallest absolute Gasteiger partial charge is 0.310 e. The molecular weight excluding hydrogens is 271 g/mol. The fourth-order valence-electron chi connectivity index (χ4n) is 2.68. The molecule has 0 unspecified atom stereocenters. The molecule has 4 nitrogen and oxygen atoms in total. The van der Waals surface area contributed by atoms with Crippen molar-refractivity contribution in [1.82, 2.24) is 4.90 Å². The van der Waals surface area contributed by atoms with Gasteiger partial charge in [-0.15, -0.1) is 0 Å². The summed E-state index contributed by atoms with van der Waals surface area (Å²) in [6.07, 6.45) is 1.76. The zero-order valence-electron chi connectivity index (χ0n) is 12.1. The molecule has 0 amide bonds. The molecule has 0 N–H and O–H groups in total. The van der Waals surface area contributed by atoms with Crippen LogP contribution in [-0.4, -0.2) is 30.6 Å². The average molecular weight is 290 g/mol. The number of nitriles is 1. The largest absolute Gasteiger partial charge is 0.466 e. The van der Waals surface area contributed by atoms with Crippen molar-refractivity contribution in [2.45, 2.75) is 26.3 Å². The third-order valence-corrected chi connectivity index (χ3v) is 3.71. The number of ether oxygens (including phenoxy) is 1. The van der Waals surface area contributed by atoms with Crippen molar-refractivity contribution >= 4 is 5.97 Å². The summed E-state index contributed by atoms with van der Waals surface area (Å²) < 4.78 is 18.2.